The molecular weight excluding hydrogens is 474 g/mol. The van der Waals surface area contributed by atoms with E-state index >= 15 is 0 Å². The van der Waals surface area contributed by atoms with Gasteiger partial charge in [0.15, 0.2) is 0 Å². The molecule has 8 nitrogen and oxygen atoms in total. The predicted octanol–water partition coefficient (Wildman–Crippen LogP) is 6.21. The number of aliphatic imine (C=N–C) groups is 1. The van der Waals surface area contributed by atoms with E-state index in [1.165, 1.54) is 36.1 Å². The van der Waals surface area contributed by atoms with Gasteiger partial charge in [-0.1, -0.05) is 45.8 Å². The zero-order valence-electron chi connectivity index (χ0n) is 24.2. The third-order valence-electron chi connectivity index (χ3n) is 7.40. The van der Waals surface area contributed by atoms with Crippen LogP contribution in [-0.2, 0) is 6.54 Å². The van der Waals surface area contributed by atoms with E-state index in [2.05, 4.69) is 66.9 Å². The molecule has 1 aliphatic heterocycles. The van der Waals surface area contributed by atoms with Gasteiger partial charge in [-0.2, -0.15) is 0 Å². The molecule has 2 N–H and O–H groups in total. The smallest absolute Gasteiger partial charge is 0.323 e. The summed E-state index contributed by atoms with van der Waals surface area (Å²) in [6, 6.07) is 2.06. The molecular formula is C30H47N7O. The molecule has 2 aromatic heterocycles. The van der Waals surface area contributed by atoms with E-state index in [0.29, 0.717) is 30.2 Å². The molecule has 1 aliphatic rings. The molecule has 0 spiro atoms. The van der Waals surface area contributed by atoms with Crippen LogP contribution in [0.2, 0.25) is 0 Å². The van der Waals surface area contributed by atoms with Gasteiger partial charge in [-0.3, -0.25) is 20.2 Å². The SMILES string of the molecule is CCCCC1C=CN=C(CN(CCCCN(C)C(=O)Nc2ncc[nH]2)Cc2ncc(C)cc2C)[C@@H]1C(C)C. The number of carbonyl (C=O) groups excluding carboxylic acids is 1. The highest BCUT2D eigenvalue weighted by Crippen LogP contribution is 2.31. The maximum absolute atomic E-state index is 12.4. The van der Waals surface area contributed by atoms with Crippen molar-refractivity contribution in [3.05, 3.63) is 53.8 Å². The van der Waals surface area contributed by atoms with Crippen molar-refractivity contribution in [2.75, 3.05) is 32.0 Å². The highest BCUT2D eigenvalue weighted by Gasteiger charge is 2.30. The Bertz CT molecular complexity index is 1060. The summed E-state index contributed by atoms with van der Waals surface area (Å²) in [5.41, 5.74) is 4.84. The number of imidazole rings is 1. The standard InChI is InChI=1S/C30H47N7O/c1-7-8-11-25-12-13-31-27(28(25)22(2)3)21-37(20-26-24(5)18-23(4)19-34-26)17-10-9-16-36(6)30(38)35-29-32-14-15-33-29/h12-15,18-19,22,25,28H,7-11,16-17,20-21H2,1-6H3,(H2,32,33,35,38)/t25?,28-/m1/s1. The van der Waals surface area contributed by atoms with Crippen LogP contribution in [0.25, 0.3) is 0 Å². The van der Waals surface area contributed by atoms with Crippen LogP contribution in [0.5, 0.6) is 0 Å². The van der Waals surface area contributed by atoms with Gasteiger partial charge in [0.25, 0.3) is 0 Å². The van der Waals surface area contributed by atoms with E-state index in [4.69, 9.17) is 9.98 Å². The number of pyridine rings is 1. The molecule has 3 heterocycles. The van der Waals surface area contributed by atoms with Gasteiger partial charge in [0, 0.05) is 63.1 Å². The fourth-order valence-corrected chi connectivity index (χ4v) is 5.32. The van der Waals surface area contributed by atoms with Gasteiger partial charge in [-0.15, -0.1) is 0 Å². The third-order valence-corrected chi connectivity index (χ3v) is 7.40. The number of allylic oxidation sites excluding steroid dienone is 1. The van der Waals surface area contributed by atoms with Crippen molar-refractivity contribution in [1.82, 2.24) is 24.8 Å². The Balaban J connectivity index is 1.64. The van der Waals surface area contributed by atoms with Gasteiger partial charge < -0.3 is 9.88 Å². The Kier molecular flexibility index (Phi) is 11.5. The van der Waals surface area contributed by atoms with E-state index in [1.54, 1.807) is 17.3 Å². The quantitative estimate of drug-likeness (QED) is 0.289. The van der Waals surface area contributed by atoms with Gasteiger partial charge in [0.05, 0.1) is 5.69 Å². The number of carbonyl (C=O) groups is 1. The number of nitrogens with zero attached hydrogens (tertiary/aromatic N) is 5. The molecule has 3 rings (SSSR count). The number of aryl methyl sites for hydroxylation is 2. The molecule has 2 aromatic rings. The summed E-state index contributed by atoms with van der Waals surface area (Å²) in [5, 5.41) is 2.78. The van der Waals surface area contributed by atoms with Crippen LogP contribution in [0.15, 0.2) is 41.9 Å². The summed E-state index contributed by atoms with van der Waals surface area (Å²) in [7, 11) is 1.82. The molecule has 0 bridgehead atoms. The van der Waals surface area contributed by atoms with E-state index in [0.717, 1.165) is 38.2 Å². The number of H-pyrrole nitrogens is 1. The summed E-state index contributed by atoms with van der Waals surface area (Å²) >= 11 is 0. The van der Waals surface area contributed by atoms with Crippen LogP contribution in [0.4, 0.5) is 10.7 Å². The van der Waals surface area contributed by atoms with Crippen LogP contribution in [-0.4, -0.2) is 63.2 Å². The largest absolute Gasteiger partial charge is 0.331 e. The molecule has 8 heteroatoms. The number of hydrogen-bond acceptors (Lipinski definition) is 5. The number of aromatic nitrogens is 3. The number of anilines is 1. The molecule has 0 radical (unpaired) electrons. The maximum atomic E-state index is 12.4. The van der Waals surface area contributed by atoms with Gasteiger partial charge in [0.2, 0.25) is 5.95 Å². The summed E-state index contributed by atoms with van der Waals surface area (Å²) in [6.45, 7) is 14.4. The zero-order chi connectivity index (χ0) is 27.5. The average molecular weight is 522 g/mol. The first-order valence-electron chi connectivity index (χ1n) is 14.2. The number of rotatable bonds is 14. The Labute approximate surface area is 229 Å². The Morgan fingerprint density at radius 1 is 1.13 bits per heavy atom. The fourth-order valence-electron chi connectivity index (χ4n) is 5.32. The summed E-state index contributed by atoms with van der Waals surface area (Å²) < 4.78 is 0. The molecule has 0 saturated carbocycles. The third kappa shape index (κ3) is 8.79. The van der Waals surface area contributed by atoms with E-state index < -0.39 is 0 Å². The fraction of sp³-hybridized carbons (Fsp3) is 0.600. The van der Waals surface area contributed by atoms with Crippen molar-refractivity contribution in [1.29, 1.82) is 0 Å². The highest BCUT2D eigenvalue weighted by molar-refractivity contribution is 5.90. The molecule has 0 aromatic carbocycles. The van der Waals surface area contributed by atoms with Crippen LogP contribution >= 0.6 is 0 Å². The van der Waals surface area contributed by atoms with Crippen molar-refractivity contribution in [3.63, 3.8) is 0 Å². The second-order valence-electron chi connectivity index (χ2n) is 11.0. The minimum Gasteiger partial charge on any atom is -0.331 e. The number of urea groups is 1. The van der Waals surface area contributed by atoms with Crippen LogP contribution in [0.1, 0.15) is 69.7 Å². The van der Waals surface area contributed by atoms with E-state index in [9.17, 15) is 4.79 Å². The van der Waals surface area contributed by atoms with Crippen LogP contribution in [0.3, 0.4) is 0 Å². The monoisotopic (exact) mass is 521 g/mol. The number of amides is 2. The number of aromatic amines is 1. The van der Waals surface area contributed by atoms with Crippen molar-refractivity contribution in [3.8, 4) is 0 Å². The molecule has 0 saturated heterocycles. The Morgan fingerprint density at radius 3 is 2.61 bits per heavy atom. The first-order valence-corrected chi connectivity index (χ1v) is 14.2. The number of nitrogens with one attached hydrogen (secondary N) is 2. The van der Waals surface area contributed by atoms with E-state index in [1.807, 2.05) is 19.4 Å². The normalized spacial score (nSPS) is 17.2. The molecule has 0 aliphatic carbocycles. The molecule has 2 atom stereocenters. The first-order chi connectivity index (χ1) is 18.3. The second-order valence-corrected chi connectivity index (χ2v) is 11.0. The molecule has 0 fully saturated rings. The van der Waals surface area contributed by atoms with Crippen molar-refractivity contribution < 1.29 is 4.79 Å². The van der Waals surface area contributed by atoms with Crippen molar-refractivity contribution in [2.24, 2.45) is 22.7 Å². The molecule has 208 valence electrons. The minimum absolute atomic E-state index is 0.155. The lowest BCUT2D eigenvalue weighted by Crippen LogP contribution is -2.39. The van der Waals surface area contributed by atoms with Gasteiger partial charge in [-0.05, 0) is 62.6 Å². The van der Waals surface area contributed by atoms with Gasteiger partial charge in [0.1, 0.15) is 0 Å². The van der Waals surface area contributed by atoms with Crippen molar-refractivity contribution in [2.45, 2.75) is 73.3 Å². The second kappa shape index (κ2) is 14.8. The Morgan fingerprint density at radius 2 is 1.92 bits per heavy atom. The average Bonchev–Trinajstić information content (AvgIpc) is 3.39. The lowest BCUT2D eigenvalue weighted by atomic mass is 9.76. The summed E-state index contributed by atoms with van der Waals surface area (Å²) in [4.78, 5) is 33.3. The highest BCUT2D eigenvalue weighted by atomic mass is 16.2. The van der Waals surface area contributed by atoms with Crippen LogP contribution < -0.4 is 5.32 Å². The lowest BCUT2D eigenvalue weighted by Gasteiger charge is -2.34. The summed E-state index contributed by atoms with van der Waals surface area (Å²) in [5.74, 6) is 2.04. The zero-order valence-corrected chi connectivity index (χ0v) is 24.2. The number of hydrogen-bond donors (Lipinski definition) is 2. The summed E-state index contributed by atoms with van der Waals surface area (Å²) in [6.07, 6.45) is 15.2. The lowest BCUT2D eigenvalue weighted by molar-refractivity contribution is 0.219. The topological polar surface area (TPSA) is 89.5 Å². The molecule has 38 heavy (non-hydrogen) atoms. The van der Waals surface area contributed by atoms with E-state index in [-0.39, 0.29) is 6.03 Å². The minimum atomic E-state index is -0.155. The van der Waals surface area contributed by atoms with Crippen LogP contribution in [0, 0.1) is 31.6 Å². The number of unbranched alkanes of at least 4 members (excludes halogenated alkanes) is 2. The predicted molar refractivity (Wildman–Crippen MR) is 156 cm³/mol. The van der Waals surface area contributed by atoms with Gasteiger partial charge >= 0.3 is 6.03 Å². The first kappa shape index (κ1) is 29.6. The van der Waals surface area contributed by atoms with Crippen molar-refractivity contribution >= 4 is 17.7 Å². The molecule has 2 amide bonds. The molecule has 1 unspecified atom stereocenters. The Hall–Kier alpha value is -3.00. The van der Waals surface area contributed by atoms with Gasteiger partial charge in [-0.25, -0.2) is 9.78 Å². The maximum Gasteiger partial charge on any atom is 0.323 e.